The summed E-state index contributed by atoms with van der Waals surface area (Å²) < 4.78 is 0. The predicted octanol–water partition coefficient (Wildman–Crippen LogP) is 8.27. The Labute approximate surface area is 279 Å². The van der Waals surface area contributed by atoms with E-state index in [9.17, 15) is 9.59 Å². The first kappa shape index (κ1) is 38.8. The molecule has 2 N–H and O–H groups in total. The highest BCUT2D eigenvalue weighted by Gasteiger charge is 2.21. The van der Waals surface area contributed by atoms with Gasteiger partial charge in [-0.1, -0.05) is 76.6 Å². The quantitative estimate of drug-likeness (QED) is 0.147. The Hall–Kier alpha value is -5.19. The molecule has 2 amide bonds. The van der Waals surface area contributed by atoms with E-state index in [1.54, 1.807) is 32.2 Å². The second kappa shape index (κ2) is 20.7. The third-order valence-electron chi connectivity index (χ3n) is 6.33. The minimum absolute atomic E-state index is 0. The van der Waals surface area contributed by atoms with Crippen molar-refractivity contribution in [3.8, 4) is 0 Å². The van der Waals surface area contributed by atoms with Crippen molar-refractivity contribution in [2.24, 2.45) is 0 Å². The largest absolute Gasteiger partial charge is 0.383 e. The summed E-state index contributed by atoms with van der Waals surface area (Å²) in [5, 5.41) is 5.59. The van der Waals surface area contributed by atoms with E-state index in [0.29, 0.717) is 22.6 Å². The van der Waals surface area contributed by atoms with Gasteiger partial charge in [-0.3, -0.25) is 19.5 Å². The van der Waals surface area contributed by atoms with Crippen molar-refractivity contribution in [1.29, 1.82) is 0 Å². The lowest BCUT2D eigenvalue weighted by atomic mass is 10.0. The van der Waals surface area contributed by atoms with Gasteiger partial charge in [0.05, 0.1) is 29.8 Å². The number of allylic oxidation sites excluding steroid dienone is 9. The number of hydrogen-bond donors (Lipinski definition) is 2. The summed E-state index contributed by atoms with van der Waals surface area (Å²) in [4.78, 5) is 32.5. The zero-order chi connectivity index (χ0) is 34.6. The minimum Gasteiger partial charge on any atom is -0.383 e. The highest BCUT2D eigenvalue weighted by Crippen LogP contribution is 2.22. The Morgan fingerprint density at radius 2 is 1.85 bits per heavy atom. The van der Waals surface area contributed by atoms with Crippen molar-refractivity contribution in [3.63, 3.8) is 0 Å². The highest BCUT2D eigenvalue weighted by molar-refractivity contribution is 6.03. The van der Waals surface area contributed by atoms with E-state index in [2.05, 4.69) is 64.4 Å². The van der Waals surface area contributed by atoms with E-state index in [4.69, 9.17) is 0 Å². The lowest BCUT2D eigenvalue weighted by Crippen LogP contribution is -2.32. The molecule has 2 heterocycles. The van der Waals surface area contributed by atoms with Crippen LogP contribution in [0.2, 0.25) is 0 Å². The summed E-state index contributed by atoms with van der Waals surface area (Å²) in [7, 11) is 3.96. The van der Waals surface area contributed by atoms with Crippen molar-refractivity contribution in [2.45, 2.75) is 34.6 Å². The Morgan fingerprint density at radius 1 is 1.15 bits per heavy atom. The summed E-state index contributed by atoms with van der Waals surface area (Å²) in [6.45, 7) is 25.9. The first-order chi connectivity index (χ1) is 22.0. The van der Waals surface area contributed by atoms with Gasteiger partial charge < -0.3 is 15.5 Å². The smallest absolute Gasteiger partial charge is 0.250 e. The van der Waals surface area contributed by atoms with Crippen molar-refractivity contribution in [1.82, 2.24) is 14.8 Å². The van der Waals surface area contributed by atoms with Crippen LogP contribution in [0.5, 0.6) is 0 Å². The van der Waals surface area contributed by atoms with Crippen LogP contribution < -0.4 is 10.6 Å². The van der Waals surface area contributed by atoms with Gasteiger partial charge in [0, 0.05) is 41.8 Å². The summed E-state index contributed by atoms with van der Waals surface area (Å²) in [6, 6.07) is 1.70. The summed E-state index contributed by atoms with van der Waals surface area (Å²) >= 11 is 0. The van der Waals surface area contributed by atoms with Gasteiger partial charge in [-0.25, -0.2) is 0 Å². The van der Waals surface area contributed by atoms with E-state index in [-0.39, 0.29) is 21.2 Å². The number of anilines is 2. The molecule has 0 saturated heterocycles. The molecule has 0 spiro atoms. The number of aryl methyl sites for hydroxylation is 1. The molecule has 1 aliphatic carbocycles. The molecule has 246 valence electrons. The molecule has 3 rings (SSSR count). The number of nitrogens with one attached hydrogen (secondary N) is 2. The van der Waals surface area contributed by atoms with E-state index < -0.39 is 0 Å². The normalized spacial score (nSPS) is 13.7. The van der Waals surface area contributed by atoms with Crippen molar-refractivity contribution in [2.75, 3.05) is 44.4 Å². The Morgan fingerprint density at radius 3 is 2.46 bits per heavy atom. The van der Waals surface area contributed by atoms with Crippen LogP contribution in [0.1, 0.15) is 36.2 Å². The summed E-state index contributed by atoms with van der Waals surface area (Å²) in [5.41, 5.74) is 13.6. The zero-order valence-electron chi connectivity index (χ0n) is 28.5. The van der Waals surface area contributed by atoms with Crippen LogP contribution in [0, 0.1) is 6.92 Å². The number of aromatic nitrogens is 1. The maximum absolute atomic E-state index is 12.4. The average molecular weight is 624 g/mol. The molecule has 1 aromatic heterocycles. The number of carbonyl (C=O) groups is 2. The van der Waals surface area contributed by atoms with Gasteiger partial charge in [-0.05, 0) is 72.9 Å². The Balaban J connectivity index is 0. The SMILES string of the molecule is C=C(C)C(=O)Nc1cc(NC(=O)CN2CC3=C(C=CC=C=C3)C2)cnc1C.C=C=C(C)/C=C(\C=C/C=C)C(/C=C)=C/N(C)C.CC.[HH].[HH]. The van der Waals surface area contributed by atoms with E-state index in [1.165, 1.54) is 11.1 Å². The van der Waals surface area contributed by atoms with Crippen molar-refractivity contribution >= 4 is 23.2 Å². The van der Waals surface area contributed by atoms with Crippen LogP contribution >= 0.6 is 0 Å². The second-order valence-electron chi connectivity index (χ2n) is 10.5. The zero-order valence-corrected chi connectivity index (χ0v) is 28.5. The fourth-order valence-electron chi connectivity index (χ4n) is 4.09. The molecule has 7 nitrogen and oxygen atoms in total. The minimum atomic E-state index is -0.275. The molecule has 46 heavy (non-hydrogen) atoms. The molecule has 0 atom stereocenters. The predicted molar refractivity (Wildman–Crippen MR) is 200 cm³/mol. The van der Waals surface area contributed by atoms with Crippen LogP contribution in [0.25, 0.3) is 0 Å². The highest BCUT2D eigenvalue weighted by atomic mass is 16.2. The standard InChI is InChI=1S/C21H22N4O2.C16H21N.C2H6.2H2/c1-14(2)21(27)24-19-9-18(10-22-15(19)3)23-20(26)13-25-11-16-7-5-4-6-8-17(16)12-25;1-7-10-11-16(12-14(4)8-2)15(9-3)13-17(5)6;1-2;;/h4-5,7-10H,1,11-13H2,2-3H3,(H,23,26)(H,24,27);7,9-13H,1-3H2,4-6H3;1-2H3;2*1H/b;11-10-,15-13+,16-12+;;;. The fourth-order valence-corrected chi connectivity index (χ4v) is 4.09. The second-order valence-corrected chi connectivity index (χ2v) is 10.5. The lowest BCUT2D eigenvalue weighted by molar-refractivity contribution is -0.117. The van der Waals surface area contributed by atoms with Gasteiger partial charge in [0.1, 0.15) is 0 Å². The Bertz CT molecular complexity index is 1580. The van der Waals surface area contributed by atoms with Crippen LogP contribution in [-0.4, -0.2) is 60.3 Å². The first-order valence-electron chi connectivity index (χ1n) is 15.1. The van der Waals surface area contributed by atoms with E-state index >= 15 is 0 Å². The number of carbonyl (C=O) groups excluding carboxylic acids is 2. The topological polar surface area (TPSA) is 77.6 Å². The number of hydrogen-bond acceptors (Lipinski definition) is 5. The fraction of sp³-hybridized carbons (Fsp3) is 0.256. The lowest BCUT2D eigenvalue weighted by Gasteiger charge is -2.16. The molecule has 7 heteroatoms. The maximum atomic E-state index is 12.4. The molecular formula is C39H53N5O2. The maximum Gasteiger partial charge on any atom is 0.250 e. The molecule has 0 fully saturated rings. The molecule has 2 aliphatic rings. The molecule has 0 bridgehead atoms. The number of rotatable bonds is 11. The molecule has 1 aromatic rings. The van der Waals surface area contributed by atoms with Crippen LogP contribution in [0.15, 0.2) is 144 Å². The molecule has 0 radical (unpaired) electrons. The van der Waals surface area contributed by atoms with Crippen molar-refractivity contribution < 1.29 is 12.4 Å². The van der Waals surface area contributed by atoms with Crippen molar-refractivity contribution in [3.05, 3.63) is 150 Å². The van der Waals surface area contributed by atoms with Crippen LogP contribution in [0.4, 0.5) is 11.4 Å². The van der Waals surface area contributed by atoms with Gasteiger partial charge in [-0.2, -0.15) is 0 Å². The van der Waals surface area contributed by atoms with Gasteiger partial charge >= 0.3 is 0 Å². The molecule has 0 aromatic carbocycles. The first-order valence-corrected chi connectivity index (χ1v) is 15.1. The molecule has 1 aliphatic heterocycles. The average Bonchev–Trinajstić information content (AvgIpc) is 3.27. The third kappa shape index (κ3) is 13.6. The van der Waals surface area contributed by atoms with Gasteiger partial charge in [0.15, 0.2) is 0 Å². The number of pyridine rings is 1. The van der Waals surface area contributed by atoms with E-state index in [0.717, 1.165) is 29.8 Å². The number of nitrogens with zero attached hydrogens (tertiary/aromatic N) is 3. The van der Waals surface area contributed by atoms with Gasteiger partial charge in [-0.15, -0.1) is 11.5 Å². The van der Waals surface area contributed by atoms with Crippen LogP contribution in [-0.2, 0) is 9.59 Å². The third-order valence-corrected chi connectivity index (χ3v) is 6.33. The summed E-state index contributed by atoms with van der Waals surface area (Å²) in [5.74, 6) is -0.401. The number of amides is 2. The molecular weight excluding hydrogens is 570 g/mol. The van der Waals surface area contributed by atoms with Gasteiger partial charge in [0.25, 0.3) is 5.91 Å². The van der Waals surface area contributed by atoms with Crippen LogP contribution in [0.3, 0.4) is 0 Å². The molecule has 0 saturated carbocycles. The van der Waals surface area contributed by atoms with E-state index in [1.807, 2.05) is 88.5 Å². The monoisotopic (exact) mass is 623 g/mol. The molecule has 0 unspecified atom stereocenters. The van der Waals surface area contributed by atoms with Gasteiger partial charge in [0.2, 0.25) is 5.91 Å². The summed E-state index contributed by atoms with van der Waals surface area (Å²) in [6.07, 6.45) is 20.9. The Kier molecular flexibility index (Phi) is 17.5.